The number of ether oxygens (including phenoxy) is 2. The van der Waals surface area contributed by atoms with E-state index < -0.39 is 5.82 Å². The Morgan fingerprint density at radius 2 is 1.90 bits per heavy atom. The lowest BCUT2D eigenvalue weighted by Crippen LogP contribution is -2.12. The van der Waals surface area contributed by atoms with Gasteiger partial charge in [-0.3, -0.25) is 4.79 Å². The lowest BCUT2D eigenvalue weighted by molar-refractivity contribution is 0.0920. The van der Waals surface area contributed by atoms with Crippen molar-refractivity contribution in [2.75, 3.05) is 13.7 Å². The number of carbonyl (C=O) groups is 1. The number of para-hydroxylation sites is 1. The molecule has 20 heavy (non-hydrogen) atoms. The topological polar surface area (TPSA) is 35.5 Å². The van der Waals surface area contributed by atoms with E-state index >= 15 is 0 Å². The maximum Gasteiger partial charge on any atom is 0.200 e. The van der Waals surface area contributed by atoms with Crippen LogP contribution in [0.15, 0.2) is 42.5 Å². The molecule has 4 heteroatoms. The molecule has 0 bridgehead atoms. The first kappa shape index (κ1) is 14.1. The van der Waals surface area contributed by atoms with Crippen molar-refractivity contribution in [3.05, 3.63) is 59.4 Å². The van der Waals surface area contributed by atoms with Gasteiger partial charge in [-0.1, -0.05) is 18.2 Å². The van der Waals surface area contributed by atoms with Gasteiger partial charge in [0.05, 0.1) is 7.11 Å². The highest BCUT2D eigenvalue weighted by Crippen LogP contribution is 2.19. The van der Waals surface area contributed by atoms with E-state index in [1.54, 1.807) is 6.07 Å². The Balaban J connectivity index is 2.05. The monoisotopic (exact) mass is 274 g/mol. The van der Waals surface area contributed by atoms with Crippen molar-refractivity contribution in [2.24, 2.45) is 0 Å². The summed E-state index contributed by atoms with van der Waals surface area (Å²) in [5.74, 6) is -0.0831. The van der Waals surface area contributed by atoms with Crippen LogP contribution in [0.25, 0.3) is 0 Å². The van der Waals surface area contributed by atoms with Crippen molar-refractivity contribution >= 4 is 5.78 Å². The van der Waals surface area contributed by atoms with Crippen molar-refractivity contribution in [1.29, 1.82) is 0 Å². The van der Waals surface area contributed by atoms with Crippen LogP contribution in [0.2, 0.25) is 0 Å². The molecule has 0 saturated heterocycles. The average Bonchev–Trinajstić information content (AvgIpc) is 2.46. The molecular formula is C16H15FO3. The zero-order valence-electron chi connectivity index (χ0n) is 11.4. The number of Topliss-reactive ketones (excluding diaryl/α,β-unsaturated/α-hetero) is 1. The standard InChI is InChI=1S/C16H15FO3/c1-11-5-3-4-6-15(11)20-10-14(18)12-7-8-16(19-2)13(17)9-12/h3-9H,10H2,1-2H3. The number of aryl methyl sites for hydroxylation is 1. The summed E-state index contributed by atoms with van der Waals surface area (Å²) < 4.78 is 23.8. The third-order valence-electron chi connectivity index (χ3n) is 2.93. The average molecular weight is 274 g/mol. The quantitative estimate of drug-likeness (QED) is 0.784. The van der Waals surface area contributed by atoms with E-state index in [2.05, 4.69) is 0 Å². The molecule has 0 N–H and O–H groups in total. The molecule has 0 aliphatic rings. The third kappa shape index (κ3) is 3.15. The summed E-state index contributed by atoms with van der Waals surface area (Å²) in [5.41, 5.74) is 1.21. The van der Waals surface area contributed by atoms with Gasteiger partial charge in [0.25, 0.3) is 0 Å². The van der Waals surface area contributed by atoms with Crippen LogP contribution in [0.4, 0.5) is 4.39 Å². The zero-order valence-corrected chi connectivity index (χ0v) is 11.4. The molecule has 104 valence electrons. The van der Waals surface area contributed by atoms with Crippen LogP contribution in [0.1, 0.15) is 15.9 Å². The maximum atomic E-state index is 13.5. The summed E-state index contributed by atoms with van der Waals surface area (Å²) in [6.07, 6.45) is 0. The van der Waals surface area contributed by atoms with Gasteiger partial charge >= 0.3 is 0 Å². The lowest BCUT2D eigenvalue weighted by Gasteiger charge is -2.08. The largest absolute Gasteiger partial charge is 0.494 e. The minimum absolute atomic E-state index is 0.112. The number of halogens is 1. The van der Waals surface area contributed by atoms with Crippen LogP contribution in [0, 0.1) is 12.7 Å². The van der Waals surface area contributed by atoms with Gasteiger partial charge in [0.2, 0.25) is 0 Å². The normalized spacial score (nSPS) is 10.2. The summed E-state index contributed by atoms with van der Waals surface area (Å²) >= 11 is 0. The molecule has 2 aromatic carbocycles. The van der Waals surface area contributed by atoms with Gasteiger partial charge in [0.1, 0.15) is 5.75 Å². The molecule has 0 spiro atoms. The second-order valence-corrected chi connectivity index (χ2v) is 4.33. The van der Waals surface area contributed by atoms with Crippen LogP contribution in [0.3, 0.4) is 0 Å². The fraction of sp³-hybridized carbons (Fsp3) is 0.188. The maximum absolute atomic E-state index is 13.5. The highest BCUT2D eigenvalue weighted by atomic mass is 19.1. The van der Waals surface area contributed by atoms with E-state index in [4.69, 9.17) is 9.47 Å². The summed E-state index contributed by atoms with van der Waals surface area (Å²) in [4.78, 5) is 11.9. The summed E-state index contributed by atoms with van der Waals surface area (Å²) in [6.45, 7) is 1.77. The number of hydrogen-bond donors (Lipinski definition) is 0. The first-order valence-corrected chi connectivity index (χ1v) is 6.17. The molecule has 2 rings (SSSR count). The highest BCUT2D eigenvalue weighted by Gasteiger charge is 2.11. The second kappa shape index (κ2) is 6.19. The Kier molecular flexibility index (Phi) is 4.35. The molecule has 3 nitrogen and oxygen atoms in total. The summed E-state index contributed by atoms with van der Waals surface area (Å²) in [6, 6.07) is 11.5. The third-order valence-corrected chi connectivity index (χ3v) is 2.93. The van der Waals surface area contributed by atoms with Crippen molar-refractivity contribution < 1.29 is 18.7 Å². The fourth-order valence-electron chi connectivity index (χ4n) is 1.78. The van der Waals surface area contributed by atoms with Gasteiger partial charge in [0, 0.05) is 5.56 Å². The Morgan fingerprint density at radius 1 is 1.15 bits per heavy atom. The Hall–Kier alpha value is -2.36. The number of rotatable bonds is 5. The van der Waals surface area contributed by atoms with E-state index in [0.29, 0.717) is 5.75 Å². The summed E-state index contributed by atoms with van der Waals surface area (Å²) in [5, 5.41) is 0. The molecule has 0 radical (unpaired) electrons. The molecule has 0 atom stereocenters. The minimum Gasteiger partial charge on any atom is -0.494 e. The number of hydrogen-bond acceptors (Lipinski definition) is 3. The van der Waals surface area contributed by atoms with Crippen molar-refractivity contribution in [3.63, 3.8) is 0 Å². The van der Waals surface area contributed by atoms with Crippen LogP contribution in [-0.2, 0) is 0 Å². The highest BCUT2D eigenvalue weighted by molar-refractivity contribution is 5.97. The molecular weight excluding hydrogens is 259 g/mol. The van der Waals surface area contributed by atoms with E-state index in [9.17, 15) is 9.18 Å². The van der Waals surface area contributed by atoms with E-state index in [-0.39, 0.29) is 23.7 Å². The molecule has 0 fully saturated rings. The molecule has 0 amide bonds. The van der Waals surface area contributed by atoms with Gasteiger partial charge in [-0.25, -0.2) is 4.39 Å². The zero-order chi connectivity index (χ0) is 14.5. The second-order valence-electron chi connectivity index (χ2n) is 4.33. The molecule has 0 aliphatic carbocycles. The van der Waals surface area contributed by atoms with Crippen LogP contribution in [0.5, 0.6) is 11.5 Å². The molecule has 0 aliphatic heterocycles. The van der Waals surface area contributed by atoms with Crippen LogP contribution < -0.4 is 9.47 Å². The van der Waals surface area contributed by atoms with Crippen molar-refractivity contribution in [2.45, 2.75) is 6.92 Å². The van der Waals surface area contributed by atoms with Crippen LogP contribution in [-0.4, -0.2) is 19.5 Å². The first-order valence-electron chi connectivity index (χ1n) is 6.17. The lowest BCUT2D eigenvalue weighted by atomic mass is 10.1. The van der Waals surface area contributed by atoms with E-state index in [1.165, 1.54) is 19.2 Å². The number of benzene rings is 2. The Bertz CT molecular complexity index is 623. The predicted molar refractivity (Wildman–Crippen MR) is 74.0 cm³/mol. The van der Waals surface area contributed by atoms with Gasteiger partial charge in [-0.15, -0.1) is 0 Å². The van der Waals surface area contributed by atoms with Crippen molar-refractivity contribution in [3.8, 4) is 11.5 Å². The SMILES string of the molecule is COc1ccc(C(=O)COc2ccccc2C)cc1F. The number of carbonyl (C=O) groups excluding carboxylic acids is 1. The first-order chi connectivity index (χ1) is 9.61. The van der Waals surface area contributed by atoms with Gasteiger partial charge in [-0.05, 0) is 36.8 Å². The molecule has 0 aromatic heterocycles. The van der Waals surface area contributed by atoms with Gasteiger partial charge < -0.3 is 9.47 Å². The van der Waals surface area contributed by atoms with E-state index in [0.717, 1.165) is 11.6 Å². The number of ketones is 1. The number of methoxy groups -OCH3 is 1. The minimum atomic E-state index is -0.561. The van der Waals surface area contributed by atoms with E-state index in [1.807, 2.05) is 25.1 Å². The smallest absolute Gasteiger partial charge is 0.200 e. The fourth-order valence-corrected chi connectivity index (χ4v) is 1.78. The molecule has 0 unspecified atom stereocenters. The molecule has 2 aromatic rings. The van der Waals surface area contributed by atoms with Crippen molar-refractivity contribution in [1.82, 2.24) is 0 Å². The summed E-state index contributed by atoms with van der Waals surface area (Å²) in [7, 11) is 1.38. The van der Waals surface area contributed by atoms with Gasteiger partial charge in [-0.2, -0.15) is 0 Å². The Labute approximate surface area is 117 Å². The predicted octanol–water partition coefficient (Wildman–Crippen LogP) is 3.40. The Morgan fingerprint density at radius 3 is 2.55 bits per heavy atom. The van der Waals surface area contributed by atoms with Gasteiger partial charge in [0.15, 0.2) is 24.0 Å². The van der Waals surface area contributed by atoms with Crippen LogP contribution >= 0.6 is 0 Å². The molecule has 0 saturated carbocycles. The molecule has 0 heterocycles.